The fraction of sp³-hybridized carbons (Fsp3) is 0.281. The maximum Gasteiger partial charge on any atom is 0.124 e. The highest BCUT2D eigenvalue weighted by molar-refractivity contribution is 7.99. The zero-order valence-corrected chi connectivity index (χ0v) is 24.6. The van der Waals surface area contributed by atoms with Crippen LogP contribution in [0.4, 0.5) is 0 Å². The van der Waals surface area contributed by atoms with Crippen molar-refractivity contribution in [1.82, 2.24) is 9.13 Å². The molecule has 0 saturated heterocycles. The maximum atomic E-state index is 10.3. The number of hydrogen-bond acceptors (Lipinski definition) is 5. The van der Waals surface area contributed by atoms with Crippen LogP contribution in [-0.4, -0.2) is 29.1 Å². The fourth-order valence-electron chi connectivity index (χ4n) is 4.95. The fourth-order valence-corrected chi connectivity index (χ4v) is 7.06. The van der Waals surface area contributed by atoms with Crippen LogP contribution < -0.4 is 9.47 Å². The molecule has 1 unspecified atom stereocenters. The summed E-state index contributed by atoms with van der Waals surface area (Å²) in [6.07, 6.45) is 4.40. The predicted molar refractivity (Wildman–Crippen MR) is 163 cm³/mol. The summed E-state index contributed by atoms with van der Waals surface area (Å²) in [4.78, 5) is 3.52. The van der Waals surface area contributed by atoms with Crippen LogP contribution in [0.1, 0.15) is 38.3 Å². The average molecular weight is 556 g/mol. The van der Waals surface area contributed by atoms with Gasteiger partial charge in [0.05, 0.1) is 31.7 Å². The lowest BCUT2D eigenvalue weighted by Gasteiger charge is -2.16. The van der Waals surface area contributed by atoms with Crippen LogP contribution in [0.5, 0.6) is 11.5 Å². The third-order valence-electron chi connectivity index (χ3n) is 7.00. The van der Waals surface area contributed by atoms with E-state index in [1.807, 2.05) is 12.1 Å². The number of nitrogens with zero attached hydrogens (tertiary/aromatic N) is 3. The van der Waals surface area contributed by atoms with E-state index in [1.54, 1.807) is 37.7 Å². The van der Waals surface area contributed by atoms with E-state index in [0.717, 1.165) is 44.8 Å². The van der Waals surface area contributed by atoms with Crippen molar-refractivity contribution in [3.05, 3.63) is 78.6 Å². The van der Waals surface area contributed by atoms with Crippen molar-refractivity contribution >= 4 is 45.3 Å². The van der Waals surface area contributed by atoms with Crippen molar-refractivity contribution in [2.75, 3.05) is 20.0 Å². The summed E-state index contributed by atoms with van der Waals surface area (Å²) in [6, 6.07) is 23.7. The van der Waals surface area contributed by atoms with Crippen LogP contribution in [0.15, 0.2) is 87.7 Å². The highest BCUT2D eigenvalue weighted by Crippen LogP contribution is 2.42. The Morgan fingerprint density at radius 1 is 0.897 bits per heavy atom. The van der Waals surface area contributed by atoms with E-state index in [9.17, 15) is 5.26 Å². The molecule has 39 heavy (non-hydrogen) atoms. The molecule has 200 valence electrons. The van der Waals surface area contributed by atoms with Gasteiger partial charge < -0.3 is 18.6 Å². The van der Waals surface area contributed by atoms with Gasteiger partial charge in [-0.1, -0.05) is 30.0 Å². The molecular formula is C32H33N3O2S2. The lowest BCUT2D eigenvalue weighted by Crippen LogP contribution is -2.04. The lowest BCUT2D eigenvalue weighted by atomic mass is 10.00. The Kier molecular flexibility index (Phi) is 8.15. The van der Waals surface area contributed by atoms with E-state index in [0.29, 0.717) is 5.75 Å². The molecule has 3 aromatic carbocycles. The standard InChI is InChI=1S/C32H33N3O2S2/c1-6-34-18-31(26-14-23(36-4)12-13-28(26)34)38-20-22(17-33)25-15-29-27(16-30(25)37-5)32(19-35(29)21(2)3)39-24-10-8-7-9-11-24/h7-16,18-19,21-22H,6,20H2,1-5H3. The minimum absolute atomic E-state index is 0.281. The molecular weight excluding hydrogens is 523 g/mol. The topological polar surface area (TPSA) is 52.1 Å². The van der Waals surface area contributed by atoms with E-state index in [4.69, 9.17) is 9.47 Å². The van der Waals surface area contributed by atoms with Gasteiger partial charge in [0.25, 0.3) is 0 Å². The van der Waals surface area contributed by atoms with E-state index < -0.39 is 0 Å². The van der Waals surface area contributed by atoms with Crippen LogP contribution >= 0.6 is 23.5 Å². The molecule has 0 saturated carbocycles. The first-order valence-corrected chi connectivity index (χ1v) is 14.9. The van der Waals surface area contributed by atoms with Gasteiger partial charge in [-0.3, -0.25) is 0 Å². The SMILES string of the molecule is CCn1cc(SCC(C#N)c2cc3c(cc2OC)c(Sc2ccccc2)cn3C(C)C)c2cc(OC)ccc21. The molecule has 1 atom stereocenters. The Labute approximate surface area is 238 Å². The third kappa shape index (κ3) is 5.36. The van der Waals surface area contributed by atoms with Gasteiger partial charge in [0.1, 0.15) is 11.5 Å². The number of rotatable bonds is 10. The number of benzene rings is 3. The van der Waals surface area contributed by atoms with E-state index in [-0.39, 0.29) is 12.0 Å². The summed E-state index contributed by atoms with van der Waals surface area (Å²) >= 11 is 3.46. The maximum absolute atomic E-state index is 10.3. The summed E-state index contributed by atoms with van der Waals surface area (Å²) < 4.78 is 15.9. The van der Waals surface area contributed by atoms with E-state index >= 15 is 0 Å². The zero-order valence-electron chi connectivity index (χ0n) is 23.0. The molecule has 5 nitrogen and oxygen atoms in total. The van der Waals surface area contributed by atoms with E-state index in [1.165, 1.54) is 15.3 Å². The number of fused-ring (bicyclic) bond motifs is 2. The number of nitriles is 1. The summed E-state index contributed by atoms with van der Waals surface area (Å²) in [7, 11) is 3.38. The number of aromatic nitrogens is 2. The van der Waals surface area contributed by atoms with Gasteiger partial charge in [-0.2, -0.15) is 5.26 Å². The number of thioether (sulfide) groups is 1. The van der Waals surface area contributed by atoms with Crippen molar-refractivity contribution in [2.45, 2.75) is 54.0 Å². The normalized spacial score (nSPS) is 12.2. The quantitative estimate of drug-likeness (QED) is 0.161. The van der Waals surface area contributed by atoms with Gasteiger partial charge >= 0.3 is 0 Å². The van der Waals surface area contributed by atoms with Crippen molar-refractivity contribution in [3.8, 4) is 17.6 Å². The van der Waals surface area contributed by atoms with Gasteiger partial charge in [-0.05, 0) is 63.2 Å². The number of ether oxygens (including phenoxy) is 2. The van der Waals surface area contributed by atoms with Gasteiger partial charge in [-0.15, -0.1) is 11.8 Å². The van der Waals surface area contributed by atoms with Gasteiger partial charge in [0, 0.05) is 67.3 Å². The molecule has 0 bridgehead atoms. The second kappa shape index (κ2) is 11.7. The summed E-state index contributed by atoms with van der Waals surface area (Å²) in [5, 5.41) is 12.6. The molecule has 0 aliphatic carbocycles. The van der Waals surface area contributed by atoms with Crippen LogP contribution in [-0.2, 0) is 6.54 Å². The molecule has 2 aromatic heterocycles. The van der Waals surface area contributed by atoms with Gasteiger partial charge in [0.15, 0.2) is 0 Å². The Bertz CT molecular complexity index is 1650. The van der Waals surface area contributed by atoms with Crippen molar-refractivity contribution in [1.29, 1.82) is 5.26 Å². The van der Waals surface area contributed by atoms with Crippen molar-refractivity contribution < 1.29 is 9.47 Å². The largest absolute Gasteiger partial charge is 0.497 e. The minimum atomic E-state index is -0.333. The first kappa shape index (κ1) is 27.1. The third-order valence-corrected chi connectivity index (χ3v) is 9.19. The van der Waals surface area contributed by atoms with Crippen LogP contribution in [0.3, 0.4) is 0 Å². The molecule has 0 aliphatic rings. The smallest absolute Gasteiger partial charge is 0.124 e. The monoisotopic (exact) mass is 555 g/mol. The van der Waals surface area contributed by atoms with E-state index in [2.05, 4.69) is 96.9 Å². The number of hydrogen-bond donors (Lipinski definition) is 0. The minimum Gasteiger partial charge on any atom is -0.497 e. The summed E-state index contributed by atoms with van der Waals surface area (Å²) in [5.74, 6) is 1.87. The Hall–Kier alpha value is -3.47. The highest BCUT2D eigenvalue weighted by Gasteiger charge is 2.22. The second-order valence-electron chi connectivity index (χ2n) is 9.68. The van der Waals surface area contributed by atoms with Crippen LogP contribution in [0.2, 0.25) is 0 Å². The Morgan fingerprint density at radius 3 is 2.33 bits per heavy atom. The molecule has 0 radical (unpaired) electrons. The van der Waals surface area contributed by atoms with Crippen LogP contribution in [0, 0.1) is 11.3 Å². The molecule has 5 rings (SSSR count). The molecule has 7 heteroatoms. The first-order chi connectivity index (χ1) is 19.0. The molecule has 0 fully saturated rings. The lowest BCUT2D eigenvalue weighted by molar-refractivity contribution is 0.409. The average Bonchev–Trinajstić information content (AvgIpc) is 3.50. The highest BCUT2D eigenvalue weighted by atomic mass is 32.2. The van der Waals surface area contributed by atoms with Gasteiger partial charge in [-0.25, -0.2) is 0 Å². The summed E-state index contributed by atoms with van der Waals surface area (Å²) in [5.41, 5.74) is 3.22. The molecule has 0 N–H and O–H groups in total. The summed E-state index contributed by atoms with van der Waals surface area (Å²) in [6.45, 7) is 7.40. The molecule has 0 aliphatic heterocycles. The first-order valence-electron chi connectivity index (χ1n) is 13.1. The molecule has 0 amide bonds. The Morgan fingerprint density at radius 2 is 1.67 bits per heavy atom. The molecule has 2 heterocycles. The van der Waals surface area contributed by atoms with Crippen LogP contribution in [0.25, 0.3) is 21.8 Å². The predicted octanol–water partition coefficient (Wildman–Crippen LogP) is 8.76. The molecule has 5 aromatic rings. The Balaban J connectivity index is 1.52. The van der Waals surface area contributed by atoms with Crippen molar-refractivity contribution in [2.24, 2.45) is 0 Å². The van der Waals surface area contributed by atoms with Gasteiger partial charge in [0.2, 0.25) is 0 Å². The molecule has 0 spiro atoms. The second-order valence-corrected chi connectivity index (χ2v) is 11.9. The number of methoxy groups -OCH3 is 2. The zero-order chi connectivity index (χ0) is 27.5. The number of aryl methyl sites for hydroxylation is 1. The van der Waals surface area contributed by atoms with Crippen molar-refractivity contribution in [3.63, 3.8) is 0 Å².